The highest BCUT2D eigenvalue weighted by molar-refractivity contribution is 5.96. The van der Waals surface area contributed by atoms with Crippen LogP contribution in [-0.4, -0.2) is 130 Å². The van der Waals surface area contributed by atoms with Gasteiger partial charge in [0, 0.05) is 50.3 Å². The predicted octanol–water partition coefficient (Wildman–Crippen LogP) is 2.86. The topological polar surface area (TPSA) is 225 Å². The normalized spacial score (nSPS) is 17.2. The molecule has 2 aliphatic rings. The third-order valence-electron chi connectivity index (χ3n) is 10.0. The number of aliphatic hydroxyl groups is 4. The minimum Gasteiger partial charge on any atom is -0.493 e. The van der Waals surface area contributed by atoms with Gasteiger partial charge in [-0.2, -0.15) is 0 Å². The van der Waals surface area contributed by atoms with E-state index in [1.54, 1.807) is 24.3 Å². The van der Waals surface area contributed by atoms with Gasteiger partial charge in [-0.15, -0.1) is 0 Å². The lowest BCUT2D eigenvalue weighted by Crippen LogP contribution is -2.50. The SMILES string of the molecule is CCOc1cc(CN2CCC3(CC2)CN(c2ccc(C(=O)NCC(O)C(O)C(O)C(O)COC(=O)CCC(=O)O)cc2)C(=O)O3)cc(OCC)c1-c1ccc(F)cc1. The molecule has 58 heavy (non-hydrogen) atoms. The summed E-state index contributed by atoms with van der Waals surface area (Å²) >= 11 is 0. The summed E-state index contributed by atoms with van der Waals surface area (Å²) in [6.07, 6.45) is -7.65. The average molecular weight is 812 g/mol. The lowest BCUT2D eigenvalue weighted by Gasteiger charge is -2.37. The van der Waals surface area contributed by atoms with Crippen LogP contribution in [-0.2, 0) is 25.6 Å². The molecule has 314 valence electrons. The number of carbonyl (C=O) groups is 4. The highest BCUT2D eigenvalue weighted by Gasteiger charge is 2.47. The number of anilines is 1. The maximum Gasteiger partial charge on any atom is 0.415 e. The fourth-order valence-corrected chi connectivity index (χ4v) is 6.86. The van der Waals surface area contributed by atoms with Gasteiger partial charge in [-0.3, -0.25) is 24.2 Å². The summed E-state index contributed by atoms with van der Waals surface area (Å²) in [5.41, 5.74) is 2.53. The number of amides is 2. The molecular formula is C41H50FN3O13. The summed E-state index contributed by atoms with van der Waals surface area (Å²) < 4.78 is 36.4. The number of likely N-dealkylation sites (tertiary alicyclic amines) is 1. The highest BCUT2D eigenvalue weighted by atomic mass is 19.1. The zero-order valence-electron chi connectivity index (χ0n) is 32.3. The summed E-state index contributed by atoms with van der Waals surface area (Å²) in [7, 11) is 0. The molecule has 0 radical (unpaired) electrons. The molecule has 3 aromatic carbocycles. The molecule has 2 saturated heterocycles. The summed E-state index contributed by atoms with van der Waals surface area (Å²) in [5.74, 6) is -1.82. The lowest BCUT2D eigenvalue weighted by atomic mass is 9.91. The molecule has 4 atom stereocenters. The molecule has 0 bridgehead atoms. The van der Waals surface area contributed by atoms with Crippen LogP contribution in [0, 0.1) is 5.82 Å². The Morgan fingerprint density at radius 2 is 1.48 bits per heavy atom. The molecule has 0 aromatic heterocycles. The molecule has 2 aliphatic heterocycles. The number of benzene rings is 3. The van der Waals surface area contributed by atoms with Crippen molar-refractivity contribution in [2.24, 2.45) is 0 Å². The molecule has 2 amide bonds. The van der Waals surface area contributed by atoms with Crippen LogP contribution in [0.4, 0.5) is 14.9 Å². The first-order chi connectivity index (χ1) is 27.7. The van der Waals surface area contributed by atoms with Crippen molar-refractivity contribution in [3.05, 3.63) is 77.6 Å². The maximum absolute atomic E-state index is 13.7. The largest absolute Gasteiger partial charge is 0.493 e. The number of aliphatic carboxylic acids is 1. The number of nitrogens with zero attached hydrogens (tertiary/aromatic N) is 2. The van der Waals surface area contributed by atoms with E-state index in [1.807, 2.05) is 26.0 Å². The average Bonchev–Trinajstić information content (AvgIpc) is 3.53. The summed E-state index contributed by atoms with van der Waals surface area (Å²) in [5, 5.41) is 51.8. The van der Waals surface area contributed by atoms with Crippen LogP contribution >= 0.6 is 0 Å². The van der Waals surface area contributed by atoms with Crippen LogP contribution in [0.5, 0.6) is 11.5 Å². The quantitative estimate of drug-likeness (QED) is 0.0959. The fraction of sp³-hybridized carbons (Fsp3) is 0.463. The van der Waals surface area contributed by atoms with E-state index in [2.05, 4.69) is 15.0 Å². The van der Waals surface area contributed by atoms with Crippen LogP contribution in [0.2, 0.25) is 0 Å². The first-order valence-corrected chi connectivity index (χ1v) is 19.1. The third-order valence-corrected chi connectivity index (χ3v) is 10.0. The lowest BCUT2D eigenvalue weighted by molar-refractivity contribution is -0.156. The molecule has 2 fully saturated rings. The standard InChI is InChI=1S/C41H50FN3O13/c1-3-55-32-19-25(20-33(56-4-2)36(32)26-5-9-28(42)10-6-26)22-44-17-15-41(16-18-44)24-45(40(54)58-41)29-11-7-27(8-12-29)39(53)43-21-30(46)37(51)38(52)31(47)23-57-35(50)14-13-34(48)49/h5-12,19-20,30-31,37-38,46-47,51-52H,3-4,13-18,21-24H2,1-2H3,(H,43,53)(H,48,49). The second-order valence-corrected chi connectivity index (χ2v) is 14.2. The number of hydrogen-bond acceptors (Lipinski definition) is 13. The van der Waals surface area contributed by atoms with Crippen molar-refractivity contribution in [2.45, 2.75) is 76.1 Å². The number of nitrogens with one attached hydrogen (secondary N) is 1. The first kappa shape index (κ1) is 43.8. The molecule has 17 heteroatoms. The Bertz CT molecular complexity index is 1860. The van der Waals surface area contributed by atoms with E-state index in [4.69, 9.17) is 19.3 Å². The van der Waals surface area contributed by atoms with Crippen molar-refractivity contribution in [3.8, 4) is 22.6 Å². The molecule has 5 rings (SSSR count). The fourth-order valence-electron chi connectivity index (χ4n) is 6.86. The monoisotopic (exact) mass is 811 g/mol. The smallest absolute Gasteiger partial charge is 0.415 e. The zero-order valence-corrected chi connectivity index (χ0v) is 32.3. The summed E-state index contributed by atoms with van der Waals surface area (Å²) in [4.78, 5) is 51.8. The number of esters is 1. The second-order valence-electron chi connectivity index (χ2n) is 14.2. The second kappa shape index (κ2) is 19.9. The van der Waals surface area contributed by atoms with Gasteiger partial charge in [0.05, 0.1) is 44.3 Å². The van der Waals surface area contributed by atoms with E-state index in [0.29, 0.717) is 69.4 Å². The number of carboxylic acids is 1. The van der Waals surface area contributed by atoms with Crippen molar-refractivity contribution in [1.82, 2.24) is 10.2 Å². The van der Waals surface area contributed by atoms with E-state index in [0.717, 1.165) is 16.7 Å². The Morgan fingerprint density at radius 3 is 2.07 bits per heavy atom. The Kier molecular flexibility index (Phi) is 15.0. The molecule has 6 N–H and O–H groups in total. The van der Waals surface area contributed by atoms with E-state index < -0.39 is 79.9 Å². The van der Waals surface area contributed by atoms with Crippen molar-refractivity contribution in [2.75, 3.05) is 50.9 Å². The number of aliphatic hydroxyl groups excluding tert-OH is 4. The van der Waals surface area contributed by atoms with Gasteiger partial charge in [0.1, 0.15) is 47.8 Å². The Morgan fingerprint density at radius 1 is 0.879 bits per heavy atom. The number of halogens is 1. The van der Waals surface area contributed by atoms with Crippen LogP contribution in [0.1, 0.15) is 55.5 Å². The Balaban J connectivity index is 1.12. The van der Waals surface area contributed by atoms with Crippen LogP contribution in [0.25, 0.3) is 11.1 Å². The number of carboxylic acid groups (broad SMARTS) is 1. The predicted molar refractivity (Wildman–Crippen MR) is 206 cm³/mol. The van der Waals surface area contributed by atoms with Crippen molar-refractivity contribution < 1.29 is 68.0 Å². The molecule has 0 saturated carbocycles. The van der Waals surface area contributed by atoms with Crippen molar-refractivity contribution in [3.63, 3.8) is 0 Å². The van der Waals surface area contributed by atoms with E-state index in [-0.39, 0.29) is 11.4 Å². The van der Waals surface area contributed by atoms with Crippen LogP contribution in [0.15, 0.2) is 60.7 Å². The van der Waals surface area contributed by atoms with Crippen LogP contribution in [0.3, 0.4) is 0 Å². The van der Waals surface area contributed by atoms with Gasteiger partial charge in [0.25, 0.3) is 5.91 Å². The molecular weight excluding hydrogens is 761 g/mol. The Labute approximate surface area is 334 Å². The van der Waals surface area contributed by atoms with Gasteiger partial charge in [0.15, 0.2) is 0 Å². The summed E-state index contributed by atoms with van der Waals surface area (Å²) in [6.45, 7) is 5.65. The van der Waals surface area contributed by atoms with E-state index in [9.17, 15) is 44.0 Å². The van der Waals surface area contributed by atoms with Gasteiger partial charge >= 0.3 is 18.0 Å². The van der Waals surface area contributed by atoms with E-state index >= 15 is 0 Å². The first-order valence-electron chi connectivity index (χ1n) is 19.1. The van der Waals surface area contributed by atoms with Gasteiger partial charge in [-0.05, 0) is 73.5 Å². The molecule has 0 aliphatic carbocycles. The maximum atomic E-state index is 13.7. The van der Waals surface area contributed by atoms with E-state index in [1.165, 1.54) is 29.2 Å². The number of ether oxygens (including phenoxy) is 4. The molecule has 4 unspecified atom stereocenters. The van der Waals surface area contributed by atoms with Gasteiger partial charge in [-0.25, -0.2) is 9.18 Å². The third kappa shape index (κ3) is 11.2. The number of rotatable bonds is 19. The molecule has 3 aromatic rings. The summed E-state index contributed by atoms with van der Waals surface area (Å²) in [6, 6.07) is 16.3. The zero-order chi connectivity index (χ0) is 42.0. The highest BCUT2D eigenvalue weighted by Crippen LogP contribution is 2.41. The van der Waals surface area contributed by atoms with Gasteiger partial charge in [0.2, 0.25) is 0 Å². The minimum absolute atomic E-state index is 0.181. The van der Waals surface area contributed by atoms with Crippen molar-refractivity contribution in [1.29, 1.82) is 0 Å². The molecule has 2 heterocycles. The molecule has 1 spiro atoms. The van der Waals surface area contributed by atoms with Gasteiger partial charge in [-0.1, -0.05) is 12.1 Å². The van der Waals surface area contributed by atoms with Crippen molar-refractivity contribution >= 4 is 29.6 Å². The number of hydrogen-bond donors (Lipinski definition) is 6. The molecule has 16 nitrogen and oxygen atoms in total. The Hall–Kier alpha value is -5.33. The minimum atomic E-state index is -1.95. The number of piperidine rings is 1. The van der Waals surface area contributed by atoms with Gasteiger partial charge < -0.3 is 49.8 Å². The number of carbonyl (C=O) groups excluding carboxylic acids is 3. The van der Waals surface area contributed by atoms with Crippen LogP contribution < -0.4 is 19.7 Å².